The van der Waals surface area contributed by atoms with Crippen LogP contribution in [0.15, 0.2) is 24.3 Å². The molecule has 0 saturated carbocycles. The van der Waals surface area contributed by atoms with Gasteiger partial charge in [0.05, 0.1) is 20.5 Å². The minimum absolute atomic E-state index is 0.135. The molecule has 0 aliphatic heterocycles. The summed E-state index contributed by atoms with van der Waals surface area (Å²) in [5.41, 5.74) is -0.694. The lowest BCUT2D eigenvalue weighted by Crippen LogP contribution is -2.14. The van der Waals surface area contributed by atoms with Crippen LogP contribution in [-0.2, 0) is 9.53 Å². The van der Waals surface area contributed by atoms with E-state index >= 15 is 0 Å². The molecule has 2 rings (SSSR count). The van der Waals surface area contributed by atoms with Crippen molar-refractivity contribution in [3.63, 3.8) is 0 Å². The Balaban J connectivity index is 0.000000291. The van der Waals surface area contributed by atoms with E-state index in [-0.39, 0.29) is 26.2 Å². The lowest BCUT2D eigenvalue weighted by Gasteiger charge is -2.13. The SMILES string of the molecule is COC(C(=O)O)c1cc(Cl)cc(Cl)c1Cl.O=C(O)c1ccc(Cl)c([N+](=O)[O-])c1Cl. The van der Waals surface area contributed by atoms with Crippen LogP contribution in [0.2, 0.25) is 25.1 Å². The fourth-order valence-corrected chi connectivity index (χ4v) is 3.31. The third-order valence-electron chi connectivity index (χ3n) is 3.24. The van der Waals surface area contributed by atoms with Crippen LogP contribution in [0.4, 0.5) is 5.69 Å². The molecule has 0 aliphatic rings. The first-order valence-corrected chi connectivity index (χ1v) is 9.07. The zero-order chi connectivity index (χ0) is 22.5. The average molecular weight is 506 g/mol. The largest absolute Gasteiger partial charge is 0.479 e. The number of halogens is 5. The van der Waals surface area contributed by atoms with Gasteiger partial charge in [0.15, 0.2) is 6.10 Å². The molecule has 1 atom stereocenters. The number of carboxylic acids is 2. The molecule has 0 spiro atoms. The highest BCUT2D eigenvalue weighted by atomic mass is 35.5. The molecule has 0 fully saturated rings. The second kappa shape index (κ2) is 10.8. The molecule has 29 heavy (non-hydrogen) atoms. The zero-order valence-corrected chi connectivity index (χ0v) is 17.9. The Labute approximate surface area is 188 Å². The molecule has 0 saturated heterocycles. The number of hydrogen-bond acceptors (Lipinski definition) is 5. The highest BCUT2D eigenvalue weighted by Crippen LogP contribution is 2.35. The zero-order valence-electron chi connectivity index (χ0n) is 14.2. The molecule has 0 radical (unpaired) electrons. The first-order chi connectivity index (χ1) is 13.4. The van der Waals surface area contributed by atoms with Gasteiger partial charge in [0, 0.05) is 17.7 Å². The summed E-state index contributed by atoms with van der Waals surface area (Å²) < 4.78 is 4.79. The molecule has 2 aromatic rings. The third-order valence-corrected chi connectivity index (χ3v) is 4.97. The van der Waals surface area contributed by atoms with Crippen LogP contribution in [0, 0.1) is 10.1 Å². The van der Waals surface area contributed by atoms with E-state index < -0.39 is 33.7 Å². The molecule has 0 heterocycles. The Morgan fingerprint density at radius 3 is 2.07 bits per heavy atom. The van der Waals surface area contributed by atoms with Gasteiger partial charge in [0.1, 0.15) is 10.0 Å². The Hall–Kier alpha value is -1.81. The molecule has 13 heteroatoms. The summed E-state index contributed by atoms with van der Waals surface area (Å²) in [6, 6.07) is 5.08. The second-order valence-corrected chi connectivity index (χ2v) is 7.07. The minimum atomic E-state index is -1.34. The van der Waals surface area contributed by atoms with Gasteiger partial charge in [-0.25, -0.2) is 9.59 Å². The first kappa shape index (κ1) is 25.2. The Kier molecular flexibility index (Phi) is 9.41. The molecule has 2 N–H and O–H groups in total. The van der Waals surface area contributed by atoms with Gasteiger partial charge in [0.2, 0.25) is 0 Å². The number of ether oxygens (including phenoxy) is 1. The van der Waals surface area contributed by atoms with E-state index in [1.54, 1.807) is 0 Å². The predicted molar refractivity (Wildman–Crippen MR) is 109 cm³/mol. The molecule has 0 aromatic heterocycles. The van der Waals surface area contributed by atoms with E-state index in [0.717, 1.165) is 12.1 Å². The van der Waals surface area contributed by atoms with Crippen molar-refractivity contribution in [2.45, 2.75) is 6.10 Å². The normalized spacial score (nSPS) is 11.2. The van der Waals surface area contributed by atoms with Crippen LogP contribution in [-0.4, -0.2) is 34.2 Å². The van der Waals surface area contributed by atoms with Crippen molar-refractivity contribution in [1.82, 2.24) is 0 Å². The monoisotopic (exact) mass is 503 g/mol. The fraction of sp³-hybridized carbons (Fsp3) is 0.125. The number of aromatic carboxylic acids is 1. The number of rotatable bonds is 5. The molecule has 0 aliphatic carbocycles. The van der Waals surface area contributed by atoms with Crippen molar-refractivity contribution in [2.24, 2.45) is 0 Å². The van der Waals surface area contributed by atoms with Crippen molar-refractivity contribution in [2.75, 3.05) is 7.11 Å². The Morgan fingerprint density at radius 1 is 1.03 bits per heavy atom. The van der Waals surface area contributed by atoms with Gasteiger partial charge < -0.3 is 14.9 Å². The van der Waals surface area contributed by atoms with Crippen molar-refractivity contribution < 1.29 is 29.5 Å². The summed E-state index contributed by atoms with van der Waals surface area (Å²) in [4.78, 5) is 31.0. The van der Waals surface area contributed by atoms with E-state index in [9.17, 15) is 19.7 Å². The molecule has 1 unspecified atom stereocenters. The van der Waals surface area contributed by atoms with Gasteiger partial charge in [-0.15, -0.1) is 0 Å². The van der Waals surface area contributed by atoms with Gasteiger partial charge >= 0.3 is 17.6 Å². The Morgan fingerprint density at radius 2 is 1.62 bits per heavy atom. The number of aliphatic carboxylic acids is 1. The van der Waals surface area contributed by atoms with Gasteiger partial charge in [-0.3, -0.25) is 10.1 Å². The summed E-state index contributed by atoms with van der Waals surface area (Å²) in [6.45, 7) is 0. The molecule has 0 amide bonds. The molecule has 156 valence electrons. The van der Waals surface area contributed by atoms with Crippen molar-refractivity contribution in [3.05, 3.63) is 70.6 Å². The quantitative estimate of drug-likeness (QED) is 0.289. The third kappa shape index (κ3) is 6.33. The molecular formula is C16H10Cl5NO7. The van der Waals surface area contributed by atoms with Crippen LogP contribution in [0.5, 0.6) is 0 Å². The highest BCUT2D eigenvalue weighted by Gasteiger charge is 2.24. The number of carboxylic acid groups (broad SMARTS) is 2. The summed E-state index contributed by atoms with van der Waals surface area (Å²) in [5, 5.41) is 27.9. The molecule has 8 nitrogen and oxygen atoms in total. The van der Waals surface area contributed by atoms with Crippen molar-refractivity contribution in [1.29, 1.82) is 0 Å². The van der Waals surface area contributed by atoms with Gasteiger partial charge in [-0.05, 0) is 24.3 Å². The number of nitro groups is 1. The average Bonchev–Trinajstić information content (AvgIpc) is 2.59. The van der Waals surface area contributed by atoms with Crippen molar-refractivity contribution >= 4 is 75.6 Å². The summed E-state index contributed by atoms with van der Waals surface area (Å²) >= 11 is 28.3. The van der Waals surface area contributed by atoms with Crippen LogP contribution in [0.3, 0.4) is 0 Å². The minimum Gasteiger partial charge on any atom is -0.479 e. The van der Waals surface area contributed by atoms with Gasteiger partial charge in [-0.1, -0.05) is 58.0 Å². The van der Waals surface area contributed by atoms with Crippen LogP contribution < -0.4 is 0 Å². The molecular weight excluding hydrogens is 495 g/mol. The van der Waals surface area contributed by atoms with Gasteiger partial charge in [0.25, 0.3) is 0 Å². The van der Waals surface area contributed by atoms with Crippen LogP contribution >= 0.6 is 58.0 Å². The van der Waals surface area contributed by atoms with E-state index in [1.165, 1.54) is 19.2 Å². The summed E-state index contributed by atoms with van der Waals surface area (Å²) in [5.74, 6) is -2.49. The smallest absolute Gasteiger partial charge is 0.337 e. The number of benzene rings is 2. The molecule has 2 aromatic carbocycles. The van der Waals surface area contributed by atoms with E-state index in [2.05, 4.69) is 0 Å². The van der Waals surface area contributed by atoms with E-state index in [1.807, 2.05) is 0 Å². The standard InChI is InChI=1S/C9H7Cl3O3.C7H3Cl2NO4/c1-15-8(9(13)14)5-2-4(10)3-6(11)7(5)12;8-4-2-1-3(7(11)12)5(9)6(4)10(13)14/h2-3,8H,1H3,(H,13,14);1-2H,(H,11,12). The summed E-state index contributed by atoms with van der Waals surface area (Å²) in [6.07, 6.45) is -1.17. The number of carbonyl (C=O) groups is 2. The van der Waals surface area contributed by atoms with Crippen LogP contribution in [0.1, 0.15) is 22.0 Å². The number of methoxy groups -OCH3 is 1. The first-order valence-electron chi connectivity index (χ1n) is 7.18. The predicted octanol–water partition coefficient (Wildman–Crippen LogP) is 6.02. The Bertz CT molecular complexity index is 967. The lowest BCUT2D eigenvalue weighted by atomic mass is 10.1. The maximum Gasteiger partial charge on any atom is 0.337 e. The van der Waals surface area contributed by atoms with Gasteiger partial charge in [-0.2, -0.15) is 0 Å². The van der Waals surface area contributed by atoms with E-state index in [4.69, 9.17) is 73.0 Å². The summed E-state index contributed by atoms with van der Waals surface area (Å²) in [7, 11) is 1.27. The topological polar surface area (TPSA) is 127 Å². The van der Waals surface area contributed by atoms with Crippen LogP contribution in [0.25, 0.3) is 0 Å². The lowest BCUT2D eigenvalue weighted by molar-refractivity contribution is -0.384. The number of nitro benzene ring substituents is 1. The highest BCUT2D eigenvalue weighted by molar-refractivity contribution is 6.44. The van der Waals surface area contributed by atoms with Crippen molar-refractivity contribution in [3.8, 4) is 0 Å². The maximum atomic E-state index is 10.8. The second-order valence-electron chi connectivity index (χ2n) is 5.06. The fourth-order valence-electron chi connectivity index (χ4n) is 2.00. The number of nitrogens with zero attached hydrogens (tertiary/aromatic N) is 1. The maximum absolute atomic E-state index is 10.8. The molecule has 0 bridgehead atoms. The van der Waals surface area contributed by atoms with E-state index in [0.29, 0.717) is 5.02 Å². The number of hydrogen-bond donors (Lipinski definition) is 2.